The molecule has 0 bridgehead atoms. The molecule has 6 heteroatoms. The minimum atomic E-state index is -3.27. The number of hydrogen-bond donors (Lipinski definition) is 2. The monoisotopic (exact) mass is 319 g/mol. The van der Waals surface area contributed by atoms with Gasteiger partial charge in [0.2, 0.25) is 10.0 Å². The second-order valence-electron chi connectivity index (χ2n) is 5.20. The van der Waals surface area contributed by atoms with Crippen LogP contribution in [-0.4, -0.2) is 19.2 Å². The Labute approximate surface area is 131 Å². The lowest BCUT2D eigenvalue weighted by Crippen LogP contribution is -2.16. The van der Waals surface area contributed by atoms with Gasteiger partial charge in [-0.25, -0.2) is 13.4 Å². The molecule has 22 heavy (non-hydrogen) atoms. The third kappa shape index (κ3) is 5.04. The molecule has 0 amide bonds. The number of nitrogens with one attached hydrogen (secondary N) is 2. The van der Waals surface area contributed by atoms with E-state index in [9.17, 15) is 8.42 Å². The Morgan fingerprint density at radius 1 is 1.18 bits per heavy atom. The van der Waals surface area contributed by atoms with E-state index in [1.807, 2.05) is 19.1 Å². The molecular weight excluding hydrogens is 298 g/mol. The summed E-state index contributed by atoms with van der Waals surface area (Å²) < 4.78 is 25.9. The molecule has 118 valence electrons. The number of aromatic nitrogens is 1. The molecule has 0 fully saturated rings. The summed E-state index contributed by atoms with van der Waals surface area (Å²) in [7, 11) is -3.27. The van der Waals surface area contributed by atoms with Gasteiger partial charge in [0.05, 0.1) is 17.6 Å². The zero-order valence-electron chi connectivity index (χ0n) is 12.8. The van der Waals surface area contributed by atoms with E-state index in [4.69, 9.17) is 0 Å². The normalized spacial score (nSPS) is 11.2. The Hall–Kier alpha value is -2.08. The molecule has 0 atom stereocenters. The Morgan fingerprint density at radius 3 is 2.64 bits per heavy atom. The van der Waals surface area contributed by atoms with Gasteiger partial charge < -0.3 is 5.32 Å². The molecule has 0 aliphatic rings. The van der Waals surface area contributed by atoms with Crippen molar-refractivity contribution in [3.05, 3.63) is 53.7 Å². The van der Waals surface area contributed by atoms with E-state index in [1.165, 1.54) is 17.3 Å². The Morgan fingerprint density at radius 2 is 2.00 bits per heavy atom. The molecule has 1 heterocycles. The largest absolute Gasteiger partial charge is 0.366 e. The number of benzene rings is 1. The molecule has 0 saturated carbocycles. The number of pyridine rings is 1. The number of nitrogens with zero attached hydrogens (tertiary/aromatic N) is 1. The molecule has 5 nitrogen and oxygen atoms in total. The number of hydrogen-bond acceptors (Lipinski definition) is 4. The zero-order valence-corrected chi connectivity index (χ0v) is 13.7. The van der Waals surface area contributed by atoms with Crippen LogP contribution in [0.15, 0.2) is 42.6 Å². The van der Waals surface area contributed by atoms with Crippen molar-refractivity contribution >= 4 is 21.5 Å². The van der Waals surface area contributed by atoms with Crippen molar-refractivity contribution in [2.75, 3.05) is 15.8 Å². The van der Waals surface area contributed by atoms with Gasteiger partial charge in [-0.05, 0) is 31.0 Å². The second kappa shape index (κ2) is 7.26. The predicted molar refractivity (Wildman–Crippen MR) is 90.4 cm³/mol. The quantitative estimate of drug-likeness (QED) is 0.822. The summed E-state index contributed by atoms with van der Waals surface area (Å²) in [4.78, 5) is 4.22. The molecule has 0 spiro atoms. The molecule has 0 radical (unpaired) electrons. The minimum absolute atomic E-state index is 0.111. The fraction of sp³-hybridized carbons (Fsp3) is 0.312. The van der Waals surface area contributed by atoms with E-state index in [0.717, 1.165) is 0 Å². The van der Waals surface area contributed by atoms with Crippen LogP contribution in [0.1, 0.15) is 24.5 Å². The van der Waals surface area contributed by atoms with E-state index in [0.29, 0.717) is 24.5 Å². The van der Waals surface area contributed by atoms with Crippen LogP contribution in [0.3, 0.4) is 0 Å². The molecule has 0 aliphatic heterocycles. The van der Waals surface area contributed by atoms with E-state index in [1.54, 1.807) is 12.1 Å². The van der Waals surface area contributed by atoms with Crippen LogP contribution in [0.4, 0.5) is 11.5 Å². The predicted octanol–water partition coefficient (Wildman–Crippen LogP) is 3.15. The maximum Gasteiger partial charge on any atom is 0.232 e. The summed E-state index contributed by atoms with van der Waals surface area (Å²) >= 11 is 0. The van der Waals surface area contributed by atoms with Crippen molar-refractivity contribution < 1.29 is 8.42 Å². The third-order valence-electron chi connectivity index (χ3n) is 3.07. The van der Waals surface area contributed by atoms with Crippen LogP contribution in [0.2, 0.25) is 0 Å². The lowest BCUT2D eigenvalue weighted by atomic mass is 10.1. The summed E-state index contributed by atoms with van der Waals surface area (Å²) in [5.41, 5.74) is 2.87. The minimum Gasteiger partial charge on any atom is -0.366 e. The maximum atomic E-state index is 11.7. The maximum absolute atomic E-state index is 11.7. The number of sulfonamides is 1. The average Bonchev–Trinajstić information content (AvgIpc) is 2.46. The highest BCUT2D eigenvalue weighted by molar-refractivity contribution is 7.92. The Bertz CT molecular complexity index is 712. The van der Waals surface area contributed by atoms with Gasteiger partial charge in [0.1, 0.15) is 5.82 Å². The molecule has 2 rings (SSSR count). The van der Waals surface area contributed by atoms with Gasteiger partial charge in [0, 0.05) is 6.54 Å². The van der Waals surface area contributed by atoms with Crippen LogP contribution < -0.4 is 10.0 Å². The van der Waals surface area contributed by atoms with Crippen LogP contribution in [0.5, 0.6) is 0 Å². The highest BCUT2D eigenvalue weighted by Crippen LogP contribution is 2.13. The molecule has 2 aromatic rings. The molecule has 1 aromatic heterocycles. The van der Waals surface area contributed by atoms with Crippen LogP contribution in [-0.2, 0) is 16.6 Å². The highest BCUT2D eigenvalue weighted by atomic mass is 32.2. The standard InChI is InChI=1S/C16H21N3O2S/c1-3-9-22(20,21)19-15-7-8-16(18-12-15)17-11-14-6-4-5-13(2)10-14/h4-8,10,12,19H,3,9,11H2,1-2H3,(H,17,18). The summed E-state index contributed by atoms with van der Waals surface area (Å²) in [6, 6.07) is 11.7. The summed E-state index contributed by atoms with van der Waals surface area (Å²) in [5, 5.41) is 3.22. The fourth-order valence-electron chi connectivity index (χ4n) is 2.07. The first-order chi connectivity index (χ1) is 10.5. The summed E-state index contributed by atoms with van der Waals surface area (Å²) in [6.45, 7) is 4.56. The van der Waals surface area contributed by atoms with Gasteiger partial charge in [0.25, 0.3) is 0 Å². The number of rotatable bonds is 7. The first-order valence-corrected chi connectivity index (χ1v) is 8.90. The number of anilines is 2. The van der Waals surface area contributed by atoms with Gasteiger partial charge in [0.15, 0.2) is 0 Å². The topological polar surface area (TPSA) is 71.1 Å². The fourth-order valence-corrected chi connectivity index (χ4v) is 3.19. The molecule has 2 N–H and O–H groups in total. The third-order valence-corrected chi connectivity index (χ3v) is 4.56. The molecule has 0 unspecified atom stereocenters. The molecular formula is C16H21N3O2S. The van der Waals surface area contributed by atoms with Crippen LogP contribution in [0, 0.1) is 6.92 Å². The van der Waals surface area contributed by atoms with Gasteiger partial charge in [-0.2, -0.15) is 0 Å². The van der Waals surface area contributed by atoms with E-state index >= 15 is 0 Å². The first-order valence-electron chi connectivity index (χ1n) is 7.24. The first kappa shape index (κ1) is 16.3. The van der Waals surface area contributed by atoms with Gasteiger partial charge >= 0.3 is 0 Å². The van der Waals surface area contributed by atoms with Crippen molar-refractivity contribution in [1.82, 2.24) is 4.98 Å². The van der Waals surface area contributed by atoms with E-state index in [2.05, 4.69) is 34.1 Å². The molecule has 1 aromatic carbocycles. The average molecular weight is 319 g/mol. The van der Waals surface area contributed by atoms with Crippen molar-refractivity contribution in [2.24, 2.45) is 0 Å². The lowest BCUT2D eigenvalue weighted by molar-refractivity contribution is 0.600. The zero-order chi connectivity index (χ0) is 16.0. The van der Waals surface area contributed by atoms with E-state index in [-0.39, 0.29) is 5.75 Å². The highest BCUT2D eigenvalue weighted by Gasteiger charge is 2.08. The second-order valence-corrected chi connectivity index (χ2v) is 7.04. The number of aryl methyl sites for hydroxylation is 1. The summed E-state index contributed by atoms with van der Waals surface area (Å²) in [6.07, 6.45) is 2.10. The van der Waals surface area contributed by atoms with Crippen molar-refractivity contribution in [3.8, 4) is 0 Å². The van der Waals surface area contributed by atoms with Crippen LogP contribution in [0.25, 0.3) is 0 Å². The smallest absolute Gasteiger partial charge is 0.232 e. The van der Waals surface area contributed by atoms with Crippen molar-refractivity contribution in [1.29, 1.82) is 0 Å². The molecule has 0 saturated heterocycles. The Kier molecular flexibility index (Phi) is 5.38. The van der Waals surface area contributed by atoms with Crippen LogP contribution >= 0.6 is 0 Å². The van der Waals surface area contributed by atoms with Gasteiger partial charge in [-0.15, -0.1) is 0 Å². The van der Waals surface area contributed by atoms with Crippen molar-refractivity contribution in [3.63, 3.8) is 0 Å². The van der Waals surface area contributed by atoms with Gasteiger partial charge in [-0.3, -0.25) is 4.72 Å². The molecule has 0 aliphatic carbocycles. The van der Waals surface area contributed by atoms with E-state index < -0.39 is 10.0 Å². The van der Waals surface area contributed by atoms with Gasteiger partial charge in [-0.1, -0.05) is 36.8 Å². The summed E-state index contributed by atoms with van der Waals surface area (Å²) in [5.74, 6) is 0.820. The SMILES string of the molecule is CCCS(=O)(=O)Nc1ccc(NCc2cccc(C)c2)nc1. The Balaban J connectivity index is 1.94. The van der Waals surface area contributed by atoms with Crippen molar-refractivity contribution in [2.45, 2.75) is 26.8 Å². The lowest BCUT2D eigenvalue weighted by Gasteiger charge is -2.09.